The zero-order chi connectivity index (χ0) is 37.2. The second-order valence-corrected chi connectivity index (χ2v) is 16.0. The minimum atomic E-state index is -0.468. The molecule has 0 saturated carbocycles. The van der Waals surface area contributed by atoms with E-state index in [2.05, 4.69) is 201 Å². The van der Waals surface area contributed by atoms with Gasteiger partial charge in [0.2, 0.25) is 0 Å². The summed E-state index contributed by atoms with van der Waals surface area (Å²) in [6, 6.07) is 65.1. The number of benzene rings is 8. The highest BCUT2D eigenvalue weighted by molar-refractivity contribution is 6.07. The highest BCUT2D eigenvalue weighted by Gasteiger charge is 2.48. The number of anilines is 3. The Labute approximate surface area is 326 Å². The molecule has 12 rings (SSSR count). The van der Waals surface area contributed by atoms with Crippen molar-refractivity contribution >= 4 is 51.2 Å². The summed E-state index contributed by atoms with van der Waals surface area (Å²) in [7, 11) is 0. The minimum Gasteiger partial charge on any atom is -0.456 e. The number of nitrogens with zero attached hydrogens (tertiary/aromatic N) is 1. The first-order valence-corrected chi connectivity index (χ1v) is 19.6. The first-order chi connectivity index (χ1) is 27.5. The van der Waals surface area contributed by atoms with Gasteiger partial charge in [0, 0.05) is 33.2 Å². The van der Waals surface area contributed by atoms with Crippen molar-refractivity contribution in [2.45, 2.75) is 24.7 Å². The topological polar surface area (TPSA) is 16.4 Å². The maximum atomic E-state index is 6.33. The third-order valence-electron chi connectivity index (χ3n) is 12.9. The number of rotatable bonds is 3. The molecule has 0 amide bonds. The van der Waals surface area contributed by atoms with Gasteiger partial charge in [0.15, 0.2) is 0 Å². The first-order valence-electron chi connectivity index (χ1n) is 19.6. The van der Waals surface area contributed by atoms with Gasteiger partial charge in [-0.05, 0) is 115 Å². The highest BCUT2D eigenvalue weighted by atomic mass is 16.3. The molecule has 0 fully saturated rings. The van der Waals surface area contributed by atoms with Gasteiger partial charge < -0.3 is 9.32 Å². The molecule has 0 N–H and O–H groups in total. The lowest BCUT2D eigenvalue weighted by Crippen LogP contribution is -2.29. The molecule has 1 aromatic heterocycles. The number of para-hydroxylation sites is 1. The molecule has 0 atom stereocenters. The molecule has 2 heteroatoms. The summed E-state index contributed by atoms with van der Waals surface area (Å²) in [5.41, 5.74) is 20.2. The van der Waals surface area contributed by atoms with Gasteiger partial charge in [-0.1, -0.05) is 153 Å². The molecular weight excluding hydrogens is 679 g/mol. The van der Waals surface area contributed by atoms with Gasteiger partial charge in [0.1, 0.15) is 11.2 Å². The maximum absolute atomic E-state index is 6.33. The van der Waals surface area contributed by atoms with Crippen LogP contribution < -0.4 is 4.90 Å². The molecule has 3 aliphatic carbocycles. The van der Waals surface area contributed by atoms with E-state index in [1.54, 1.807) is 0 Å². The van der Waals surface area contributed by atoms with Crippen molar-refractivity contribution in [3.63, 3.8) is 0 Å². The zero-order valence-electron chi connectivity index (χ0n) is 31.3. The fourth-order valence-electron chi connectivity index (χ4n) is 10.4. The predicted octanol–water partition coefficient (Wildman–Crippen LogP) is 14.2. The van der Waals surface area contributed by atoms with E-state index in [-0.39, 0.29) is 5.41 Å². The normalized spacial score (nSPS) is 14.8. The molecule has 3 aliphatic rings. The zero-order valence-corrected chi connectivity index (χ0v) is 31.3. The van der Waals surface area contributed by atoms with Crippen molar-refractivity contribution in [1.29, 1.82) is 0 Å². The third-order valence-corrected chi connectivity index (χ3v) is 12.9. The SMILES string of the molecule is CC1(C)c2ccccc2-c2ccc(N(c3ccc4c(c3)-c3ccccc3C43c4ccccc4C=Cc4ccccc43)c3ccc4oc5ccccc5c4c3)cc21. The van der Waals surface area contributed by atoms with Crippen molar-refractivity contribution in [3.05, 3.63) is 220 Å². The average Bonchev–Trinajstić information content (AvgIpc) is 3.79. The van der Waals surface area contributed by atoms with Gasteiger partial charge in [0.05, 0.1) is 5.41 Å². The molecule has 264 valence electrons. The quantitative estimate of drug-likeness (QED) is 0.181. The lowest BCUT2D eigenvalue weighted by Gasteiger charge is -2.35. The Morgan fingerprint density at radius 1 is 0.375 bits per heavy atom. The van der Waals surface area contributed by atoms with Gasteiger partial charge in [-0.3, -0.25) is 0 Å². The van der Waals surface area contributed by atoms with Crippen LogP contribution in [-0.4, -0.2) is 0 Å². The van der Waals surface area contributed by atoms with Crippen molar-refractivity contribution < 1.29 is 4.42 Å². The van der Waals surface area contributed by atoms with E-state index in [1.165, 1.54) is 66.8 Å². The van der Waals surface area contributed by atoms with Gasteiger partial charge >= 0.3 is 0 Å². The summed E-state index contributed by atoms with van der Waals surface area (Å²) in [6.45, 7) is 4.72. The van der Waals surface area contributed by atoms with Crippen LogP contribution in [0.15, 0.2) is 180 Å². The van der Waals surface area contributed by atoms with Crippen LogP contribution in [0.25, 0.3) is 56.3 Å². The summed E-state index contributed by atoms with van der Waals surface area (Å²) >= 11 is 0. The lowest BCUT2D eigenvalue weighted by molar-refractivity contribution is 0.660. The van der Waals surface area contributed by atoms with E-state index in [4.69, 9.17) is 4.42 Å². The fraction of sp³-hybridized carbons (Fsp3) is 0.0741. The van der Waals surface area contributed by atoms with E-state index in [0.29, 0.717) is 0 Å². The molecule has 56 heavy (non-hydrogen) atoms. The number of furan rings is 1. The Hall–Kier alpha value is -6.90. The largest absolute Gasteiger partial charge is 0.456 e. The van der Waals surface area contributed by atoms with Crippen LogP contribution in [0, 0.1) is 0 Å². The molecular formula is C54H37NO. The van der Waals surface area contributed by atoms with Crippen molar-refractivity contribution in [3.8, 4) is 22.3 Å². The van der Waals surface area contributed by atoms with Gasteiger partial charge in [-0.2, -0.15) is 0 Å². The summed E-state index contributed by atoms with van der Waals surface area (Å²) < 4.78 is 6.33. The number of fused-ring (bicyclic) bond motifs is 15. The van der Waals surface area contributed by atoms with Crippen LogP contribution in [0.3, 0.4) is 0 Å². The summed E-state index contributed by atoms with van der Waals surface area (Å²) in [6.07, 6.45) is 4.59. The van der Waals surface area contributed by atoms with Gasteiger partial charge in [-0.25, -0.2) is 0 Å². The van der Waals surface area contributed by atoms with Crippen LogP contribution in [0.4, 0.5) is 17.1 Å². The standard InChI is InChI=1S/C54H37NO/c1-53(2)47-20-10-5-15-39(47)41-28-25-38(33-50(41)53)55(37-27-30-52-44(32-37)42-17-7-12-22-51(42)56-52)36-26-29-49-43(31-36)40-16-6-11-21-48(40)54(49)45-18-8-3-13-34(45)23-24-35-14-4-9-19-46(35)54/h3-33H,1-2H3. The smallest absolute Gasteiger partial charge is 0.135 e. The predicted molar refractivity (Wildman–Crippen MR) is 232 cm³/mol. The Balaban J connectivity index is 1.12. The third kappa shape index (κ3) is 4.11. The van der Waals surface area contributed by atoms with Crippen molar-refractivity contribution in [2.75, 3.05) is 4.90 Å². The Bertz CT molecular complexity index is 3090. The van der Waals surface area contributed by atoms with Crippen molar-refractivity contribution in [1.82, 2.24) is 0 Å². The summed E-state index contributed by atoms with van der Waals surface area (Å²) in [5.74, 6) is 0. The molecule has 0 unspecified atom stereocenters. The number of hydrogen-bond donors (Lipinski definition) is 0. The fourth-order valence-corrected chi connectivity index (χ4v) is 10.4. The molecule has 0 radical (unpaired) electrons. The second-order valence-electron chi connectivity index (χ2n) is 16.0. The van der Waals surface area contributed by atoms with E-state index >= 15 is 0 Å². The number of hydrogen-bond acceptors (Lipinski definition) is 2. The molecule has 9 aromatic rings. The van der Waals surface area contributed by atoms with Crippen LogP contribution in [0.5, 0.6) is 0 Å². The molecule has 0 aliphatic heterocycles. The minimum absolute atomic E-state index is 0.129. The molecule has 2 nitrogen and oxygen atoms in total. The van der Waals surface area contributed by atoms with Crippen molar-refractivity contribution in [2.24, 2.45) is 0 Å². The summed E-state index contributed by atoms with van der Waals surface area (Å²) in [5, 5.41) is 2.24. The van der Waals surface area contributed by atoms with Crippen LogP contribution in [0.2, 0.25) is 0 Å². The maximum Gasteiger partial charge on any atom is 0.135 e. The highest BCUT2D eigenvalue weighted by Crippen LogP contribution is 2.59. The molecule has 1 heterocycles. The van der Waals surface area contributed by atoms with Crippen LogP contribution >= 0.6 is 0 Å². The molecule has 0 saturated heterocycles. The Kier molecular flexibility index (Phi) is 6.36. The summed E-state index contributed by atoms with van der Waals surface area (Å²) in [4.78, 5) is 2.45. The van der Waals surface area contributed by atoms with E-state index in [9.17, 15) is 0 Å². The van der Waals surface area contributed by atoms with E-state index in [1.807, 2.05) is 6.07 Å². The average molecular weight is 716 g/mol. The van der Waals surface area contributed by atoms with Crippen LogP contribution in [-0.2, 0) is 10.8 Å². The lowest BCUT2D eigenvalue weighted by atomic mass is 9.66. The first kappa shape index (κ1) is 31.5. The molecule has 1 spiro atoms. The van der Waals surface area contributed by atoms with Gasteiger partial charge in [-0.15, -0.1) is 0 Å². The van der Waals surface area contributed by atoms with E-state index in [0.717, 1.165) is 39.0 Å². The monoisotopic (exact) mass is 715 g/mol. The Morgan fingerprint density at radius 3 is 1.66 bits per heavy atom. The van der Waals surface area contributed by atoms with E-state index < -0.39 is 5.41 Å². The molecule has 0 bridgehead atoms. The van der Waals surface area contributed by atoms with Crippen LogP contribution in [0.1, 0.15) is 58.4 Å². The van der Waals surface area contributed by atoms with Gasteiger partial charge in [0.25, 0.3) is 0 Å². The Morgan fingerprint density at radius 2 is 0.893 bits per heavy atom. The molecule has 8 aromatic carbocycles. The second kappa shape index (κ2) is 11.3.